The number of sulfonamides is 1. The zero-order valence-corrected chi connectivity index (χ0v) is 27.0. The second-order valence-corrected chi connectivity index (χ2v) is 13.1. The van der Waals surface area contributed by atoms with Gasteiger partial charge in [-0.25, -0.2) is 8.42 Å². The van der Waals surface area contributed by atoms with Crippen molar-refractivity contribution in [3.05, 3.63) is 130 Å². The van der Waals surface area contributed by atoms with Gasteiger partial charge in [0.2, 0.25) is 11.8 Å². The maximum atomic E-state index is 14.5. The summed E-state index contributed by atoms with van der Waals surface area (Å²) >= 11 is 6.23. The minimum atomic E-state index is -4.19. The average Bonchev–Trinajstić information content (AvgIpc) is 2.99. The predicted molar refractivity (Wildman–Crippen MR) is 176 cm³/mol. The summed E-state index contributed by atoms with van der Waals surface area (Å²) in [5, 5.41) is 3.33. The number of hydrogen-bond acceptors (Lipinski definition) is 4. The highest BCUT2D eigenvalue weighted by Gasteiger charge is 2.35. The van der Waals surface area contributed by atoms with Crippen LogP contribution in [0.3, 0.4) is 0 Å². The lowest BCUT2D eigenvalue weighted by Crippen LogP contribution is -2.53. The minimum absolute atomic E-state index is 0.0558. The number of benzene rings is 4. The Morgan fingerprint density at radius 1 is 0.841 bits per heavy atom. The molecule has 4 rings (SSSR count). The van der Waals surface area contributed by atoms with Crippen LogP contribution in [0.25, 0.3) is 0 Å². The van der Waals surface area contributed by atoms with Gasteiger partial charge in [0.05, 0.1) is 10.6 Å². The van der Waals surface area contributed by atoms with Crippen LogP contribution in [0.4, 0.5) is 5.69 Å². The Morgan fingerprint density at radius 2 is 1.50 bits per heavy atom. The number of rotatable bonds is 12. The lowest BCUT2D eigenvalue weighted by atomic mass is 10.0. The van der Waals surface area contributed by atoms with Crippen molar-refractivity contribution in [3.8, 4) is 0 Å². The molecule has 0 aliphatic carbocycles. The quantitative estimate of drug-likeness (QED) is 0.201. The van der Waals surface area contributed by atoms with Gasteiger partial charge in [-0.3, -0.25) is 13.9 Å². The van der Waals surface area contributed by atoms with Crippen molar-refractivity contribution < 1.29 is 18.0 Å². The largest absolute Gasteiger partial charge is 0.355 e. The Kier molecular flexibility index (Phi) is 10.8. The fourth-order valence-corrected chi connectivity index (χ4v) is 6.77. The molecule has 0 spiro atoms. The molecule has 0 aliphatic heterocycles. The summed E-state index contributed by atoms with van der Waals surface area (Å²) in [5.41, 5.74) is 4.53. The van der Waals surface area contributed by atoms with Crippen LogP contribution in [0, 0.1) is 20.8 Å². The number of nitrogens with one attached hydrogen (secondary N) is 1. The molecule has 1 N–H and O–H groups in total. The standard InChI is InChI=1S/C35H38ClN3O4S/c1-5-37-35(41)33(22-28-12-7-6-8-13-28)38(23-29-14-10-9-11-26(29)3)34(40)24-39(32-20-17-30(36)21-27(32)4)44(42,43)31-18-15-25(2)16-19-31/h6-21,33H,5,22-24H2,1-4H3,(H,37,41)/t33-/m0/s1. The van der Waals surface area contributed by atoms with E-state index in [-0.39, 0.29) is 23.8 Å². The number of carbonyl (C=O) groups is 2. The maximum absolute atomic E-state index is 14.5. The zero-order chi connectivity index (χ0) is 31.9. The highest BCUT2D eigenvalue weighted by molar-refractivity contribution is 7.92. The van der Waals surface area contributed by atoms with Crippen LogP contribution in [0.15, 0.2) is 102 Å². The van der Waals surface area contributed by atoms with Gasteiger partial charge < -0.3 is 10.2 Å². The van der Waals surface area contributed by atoms with E-state index in [1.807, 2.05) is 75.4 Å². The maximum Gasteiger partial charge on any atom is 0.264 e. The van der Waals surface area contributed by atoms with Crippen molar-refractivity contribution >= 4 is 39.1 Å². The van der Waals surface area contributed by atoms with Gasteiger partial charge in [-0.2, -0.15) is 0 Å². The fourth-order valence-electron chi connectivity index (χ4n) is 5.07. The first kappa shape index (κ1) is 32.8. The molecule has 0 unspecified atom stereocenters. The Bertz CT molecular complexity index is 1710. The van der Waals surface area contributed by atoms with Crippen molar-refractivity contribution in [2.75, 3.05) is 17.4 Å². The number of nitrogens with zero attached hydrogens (tertiary/aromatic N) is 2. The molecular weight excluding hydrogens is 594 g/mol. The van der Waals surface area contributed by atoms with Crippen LogP contribution in [0.5, 0.6) is 0 Å². The lowest BCUT2D eigenvalue weighted by molar-refractivity contribution is -0.140. The number of hydrogen-bond donors (Lipinski definition) is 1. The smallest absolute Gasteiger partial charge is 0.264 e. The second-order valence-electron chi connectivity index (χ2n) is 10.8. The van der Waals surface area contributed by atoms with Crippen LogP contribution in [-0.2, 0) is 32.6 Å². The predicted octanol–water partition coefficient (Wildman–Crippen LogP) is 6.24. The van der Waals surface area contributed by atoms with E-state index in [0.29, 0.717) is 22.8 Å². The Hall–Kier alpha value is -4.14. The number of amides is 2. The first-order chi connectivity index (χ1) is 21.0. The van der Waals surface area contributed by atoms with Crippen LogP contribution in [0.2, 0.25) is 5.02 Å². The van der Waals surface area contributed by atoms with Gasteiger partial charge in [-0.05, 0) is 80.3 Å². The molecule has 0 radical (unpaired) electrons. The van der Waals surface area contributed by atoms with Crippen LogP contribution >= 0.6 is 11.6 Å². The van der Waals surface area contributed by atoms with E-state index >= 15 is 0 Å². The molecule has 0 saturated heterocycles. The van der Waals surface area contributed by atoms with Gasteiger partial charge in [0.15, 0.2) is 0 Å². The molecule has 0 aliphatic rings. The summed E-state index contributed by atoms with van der Waals surface area (Å²) < 4.78 is 29.5. The third kappa shape index (κ3) is 7.87. The van der Waals surface area contributed by atoms with Crippen molar-refractivity contribution in [1.29, 1.82) is 0 Å². The molecule has 0 aromatic heterocycles. The molecule has 0 bridgehead atoms. The second kappa shape index (κ2) is 14.6. The number of carbonyl (C=O) groups excluding carboxylic acids is 2. The van der Waals surface area contributed by atoms with E-state index in [0.717, 1.165) is 26.6 Å². The van der Waals surface area contributed by atoms with Crippen LogP contribution < -0.4 is 9.62 Å². The molecule has 0 heterocycles. The van der Waals surface area contributed by atoms with E-state index in [2.05, 4.69) is 5.32 Å². The number of likely N-dealkylation sites (N-methyl/N-ethyl adjacent to an activating group) is 1. The third-order valence-corrected chi connectivity index (χ3v) is 9.55. The third-order valence-electron chi connectivity index (χ3n) is 7.54. The normalized spacial score (nSPS) is 11.9. The average molecular weight is 632 g/mol. The molecule has 4 aromatic carbocycles. The minimum Gasteiger partial charge on any atom is -0.355 e. The van der Waals surface area contributed by atoms with Gasteiger partial charge in [0, 0.05) is 24.5 Å². The topological polar surface area (TPSA) is 86.8 Å². The van der Waals surface area contributed by atoms with Gasteiger partial charge in [0.1, 0.15) is 12.6 Å². The molecule has 1 atom stereocenters. The summed E-state index contributed by atoms with van der Waals surface area (Å²) in [4.78, 5) is 29.7. The molecule has 230 valence electrons. The molecule has 0 saturated carbocycles. The summed E-state index contributed by atoms with van der Waals surface area (Å²) in [6, 6.07) is 27.6. The molecule has 0 fully saturated rings. The van der Waals surface area contributed by atoms with E-state index < -0.39 is 28.5 Å². The van der Waals surface area contributed by atoms with Crippen molar-refractivity contribution in [2.45, 2.75) is 51.6 Å². The molecule has 4 aromatic rings. The summed E-state index contributed by atoms with van der Waals surface area (Å²) in [5.74, 6) is -0.820. The van der Waals surface area contributed by atoms with Gasteiger partial charge in [-0.15, -0.1) is 0 Å². The monoisotopic (exact) mass is 631 g/mol. The first-order valence-electron chi connectivity index (χ1n) is 14.5. The van der Waals surface area contributed by atoms with Crippen LogP contribution in [0.1, 0.15) is 34.7 Å². The number of anilines is 1. The van der Waals surface area contributed by atoms with Crippen molar-refractivity contribution in [1.82, 2.24) is 10.2 Å². The van der Waals surface area contributed by atoms with E-state index in [1.54, 1.807) is 37.3 Å². The van der Waals surface area contributed by atoms with Crippen molar-refractivity contribution in [3.63, 3.8) is 0 Å². The SMILES string of the molecule is CCNC(=O)[C@H](Cc1ccccc1)N(Cc1ccccc1C)C(=O)CN(c1ccc(Cl)cc1C)S(=O)(=O)c1ccc(C)cc1. The van der Waals surface area contributed by atoms with Crippen molar-refractivity contribution in [2.24, 2.45) is 0 Å². The Labute approximate surface area is 265 Å². The molecule has 44 heavy (non-hydrogen) atoms. The summed E-state index contributed by atoms with van der Waals surface area (Å²) in [6.45, 7) is 7.38. The number of halogens is 1. The Balaban J connectivity index is 1.83. The van der Waals surface area contributed by atoms with Gasteiger partial charge in [-0.1, -0.05) is 83.9 Å². The fraction of sp³-hybridized carbons (Fsp3) is 0.257. The lowest BCUT2D eigenvalue weighted by Gasteiger charge is -2.34. The molecule has 9 heteroatoms. The highest BCUT2D eigenvalue weighted by atomic mass is 35.5. The summed E-state index contributed by atoms with van der Waals surface area (Å²) in [6.07, 6.45) is 0.259. The highest BCUT2D eigenvalue weighted by Crippen LogP contribution is 2.30. The van der Waals surface area contributed by atoms with Gasteiger partial charge >= 0.3 is 0 Å². The first-order valence-corrected chi connectivity index (χ1v) is 16.3. The van der Waals surface area contributed by atoms with Crippen LogP contribution in [-0.4, -0.2) is 44.3 Å². The van der Waals surface area contributed by atoms with E-state index in [4.69, 9.17) is 11.6 Å². The number of aryl methyl sites for hydroxylation is 3. The van der Waals surface area contributed by atoms with E-state index in [1.165, 1.54) is 17.0 Å². The zero-order valence-electron chi connectivity index (χ0n) is 25.5. The van der Waals surface area contributed by atoms with Gasteiger partial charge in [0.25, 0.3) is 10.0 Å². The van der Waals surface area contributed by atoms with E-state index in [9.17, 15) is 18.0 Å². The Morgan fingerprint density at radius 3 is 2.14 bits per heavy atom. The molecule has 7 nitrogen and oxygen atoms in total. The molecule has 2 amide bonds. The molecular formula is C35H38ClN3O4S. The summed E-state index contributed by atoms with van der Waals surface area (Å²) in [7, 11) is -4.19.